The van der Waals surface area contributed by atoms with Gasteiger partial charge in [0, 0.05) is 16.7 Å². The van der Waals surface area contributed by atoms with Crippen molar-refractivity contribution in [1.29, 1.82) is 0 Å². The van der Waals surface area contributed by atoms with Crippen molar-refractivity contribution in [3.05, 3.63) is 48.6 Å². The van der Waals surface area contributed by atoms with Gasteiger partial charge in [-0.05, 0) is 37.4 Å². The fourth-order valence-electron chi connectivity index (χ4n) is 1.11. The van der Waals surface area contributed by atoms with Crippen molar-refractivity contribution >= 4 is 23.4 Å². The van der Waals surface area contributed by atoms with Crippen molar-refractivity contribution in [2.75, 3.05) is 11.6 Å². The Morgan fingerprint density at radius 3 is 2.50 bits per heavy atom. The number of carbonyl (C=O) groups is 1. The van der Waals surface area contributed by atoms with Crippen molar-refractivity contribution < 1.29 is 4.79 Å². The second-order valence-corrected chi connectivity index (χ2v) is 3.98. The number of allylic oxidation sites excluding steroid dienone is 3. The lowest BCUT2D eigenvalue weighted by Crippen LogP contribution is -2.07. The van der Waals surface area contributed by atoms with Gasteiger partial charge in [0.05, 0.1) is 0 Å². The van der Waals surface area contributed by atoms with Crippen LogP contribution >= 0.6 is 11.8 Å². The number of hydrogen-bond donors (Lipinski definition) is 1. The Labute approximate surface area is 100 Å². The molecule has 0 atom stereocenters. The molecule has 0 bridgehead atoms. The summed E-state index contributed by atoms with van der Waals surface area (Å²) in [5.41, 5.74) is 0.813. The van der Waals surface area contributed by atoms with Crippen molar-refractivity contribution in [3.8, 4) is 0 Å². The van der Waals surface area contributed by atoms with Gasteiger partial charge in [-0.15, -0.1) is 11.8 Å². The molecule has 0 heterocycles. The Bertz CT molecular complexity index is 393. The van der Waals surface area contributed by atoms with Gasteiger partial charge >= 0.3 is 0 Å². The molecule has 1 aromatic rings. The zero-order chi connectivity index (χ0) is 11.8. The van der Waals surface area contributed by atoms with Crippen molar-refractivity contribution in [2.24, 2.45) is 0 Å². The van der Waals surface area contributed by atoms with Crippen LogP contribution in [0.4, 0.5) is 5.69 Å². The fourth-order valence-corrected chi connectivity index (χ4v) is 1.52. The molecule has 0 fully saturated rings. The summed E-state index contributed by atoms with van der Waals surface area (Å²) in [6, 6.07) is 7.76. The highest BCUT2D eigenvalue weighted by Gasteiger charge is 1.96. The number of nitrogens with one attached hydrogen (secondary N) is 1. The standard InChI is InChI=1S/C13H15NOS/c1-3-4-5-6-13(15)14-11-7-9-12(16-2)10-8-11/h3-10H,1-2H3,(H,14,15)/b4-3+,6-5+. The third-order valence-electron chi connectivity index (χ3n) is 1.91. The van der Waals surface area contributed by atoms with Crippen LogP contribution in [0.3, 0.4) is 0 Å². The molecule has 0 saturated heterocycles. The highest BCUT2D eigenvalue weighted by atomic mass is 32.2. The Morgan fingerprint density at radius 1 is 1.25 bits per heavy atom. The monoisotopic (exact) mass is 233 g/mol. The minimum absolute atomic E-state index is 0.116. The van der Waals surface area contributed by atoms with Gasteiger partial charge in [-0.1, -0.05) is 18.2 Å². The van der Waals surface area contributed by atoms with Crippen LogP contribution in [0.15, 0.2) is 53.5 Å². The molecule has 84 valence electrons. The van der Waals surface area contributed by atoms with Crippen LogP contribution in [0.1, 0.15) is 6.92 Å². The quantitative estimate of drug-likeness (QED) is 0.490. The lowest BCUT2D eigenvalue weighted by molar-refractivity contribution is -0.111. The van der Waals surface area contributed by atoms with Crippen LogP contribution in [-0.2, 0) is 4.79 Å². The van der Waals surface area contributed by atoms with Crippen LogP contribution < -0.4 is 5.32 Å². The summed E-state index contributed by atoms with van der Waals surface area (Å²) < 4.78 is 0. The first-order chi connectivity index (χ1) is 7.76. The van der Waals surface area contributed by atoms with Gasteiger partial charge in [0.15, 0.2) is 0 Å². The van der Waals surface area contributed by atoms with Crippen LogP contribution in [0.5, 0.6) is 0 Å². The number of benzene rings is 1. The summed E-state index contributed by atoms with van der Waals surface area (Å²) in [6.07, 6.45) is 8.93. The topological polar surface area (TPSA) is 29.1 Å². The molecule has 0 saturated carbocycles. The Hall–Kier alpha value is -1.48. The molecule has 0 aliphatic rings. The number of thioether (sulfide) groups is 1. The summed E-state index contributed by atoms with van der Waals surface area (Å²) in [5, 5.41) is 2.78. The van der Waals surface area contributed by atoms with Crippen LogP contribution in [0, 0.1) is 0 Å². The second-order valence-electron chi connectivity index (χ2n) is 3.10. The molecular formula is C13H15NOS. The lowest BCUT2D eigenvalue weighted by atomic mass is 10.3. The van der Waals surface area contributed by atoms with Gasteiger partial charge in [-0.25, -0.2) is 0 Å². The van der Waals surface area contributed by atoms with E-state index in [1.54, 1.807) is 17.8 Å². The zero-order valence-electron chi connectivity index (χ0n) is 9.44. The number of amides is 1. The summed E-state index contributed by atoms with van der Waals surface area (Å²) >= 11 is 1.68. The van der Waals surface area contributed by atoms with Crippen LogP contribution in [0.2, 0.25) is 0 Å². The van der Waals surface area contributed by atoms with Crippen molar-refractivity contribution in [2.45, 2.75) is 11.8 Å². The maximum atomic E-state index is 11.4. The van der Waals surface area contributed by atoms with Crippen molar-refractivity contribution in [1.82, 2.24) is 0 Å². The minimum Gasteiger partial charge on any atom is -0.323 e. The second kappa shape index (κ2) is 6.90. The molecule has 1 aromatic carbocycles. The SMILES string of the molecule is C/C=C/C=C/C(=O)Nc1ccc(SC)cc1. The summed E-state index contributed by atoms with van der Waals surface area (Å²) in [6.45, 7) is 1.91. The molecule has 0 aliphatic heterocycles. The summed E-state index contributed by atoms with van der Waals surface area (Å²) in [7, 11) is 0. The van der Waals surface area contributed by atoms with Crippen LogP contribution in [0.25, 0.3) is 0 Å². The number of rotatable bonds is 4. The first-order valence-electron chi connectivity index (χ1n) is 5.00. The molecule has 0 radical (unpaired) electrons. The zero-order valence-corrected chi connectivity index (χ0v) is 10.3. The normalized spacial score (nSPS) is 11.1. The van der Waals surface area contributed by atoms with E-state index >= 15 is 0 Å². The van der Waals surface area contributed by atoms with Gasteiger partial charge in [0.25, 0.3) is 0 Å². The predicted octanol–water partition coefficient (Wildman–Crippen LogP) is 3.48. The van der Waals surface area contributed by atoms with E-state index in [-0.39, 0.29) is 5.91 Å². The molecular weight excluding hydrogens is 218 g/mol. The number of carbonyl (C=O) groups excluding carboxylic acids is 1. The van der Waals surface area contributed by atoms with E-state index in [1.165, 1.54) is 11.0 Å². The van der Waals surface area contributed by atoms with Crippen LogP contribution in [-0.4, -0.2) is 12.2 Å². The molecule has 3 heteroatoms. The minimum atomic E-state index is -0.116. The van der Waals surface area contributed by atoms with Gasteiger partial charge in [-0.2, -0.15) is 0 Å². The highest BCUT2D eigenvalue weighted by Crippen LogP contribution is 2.17. The van der Waals surface area contributed by atoms with E-state index in [9.17, 15) is 4.79 Å². The lowest BCUT2D eigenvalue weighted by Gasteiger charge is -2.02. The molecule has 16 heavy (non-hydrogen) atoms. The highest BCUT2D eigenvalue weighted by molar-refractivity contribution is 7.98. The smallest absolute Gasteiger partial charge is 0.248 e. The van der Waals surface area contributed by atoms with E-state index in [4.69, 9.17) is 0 Å². The fraction of sp³-hybridized carbons (Fsp3) is 0.154. The summed E-state index contributed by atoms with van der Waals surface area (Å²) in [4.78, 5) is 12.6. The number of hydrogen-bond acceptors (Lipinski definition) is 2. The van der Waals surface area contributed by atoms with E-state index in [1.807, 2.05) is 49.6 Å². The molecule has 1 rings (SSSR count). The molecule has 0 spiro atoms. The molecule has 0 unspecified atom stereocenters. The molecule has 2 nitrogen and oxygen atoms in total. The first-order valence-corrected chi connectivity index (χ1v) is 6.23. The van der Waals surface area contributed by atoms with Gasteiger partial charge in [-0.3, -0.25) is 4.79 Å². The molecule has 1 amide bonds. The Kier molecular flexibility index (Phi) is 5.43. The average molecular weight is 233 g/mol. The Balaban J connectivity index is 2.56. The molecule has 1 N–H and O–H groups in total. The van der Waals surface area contributed by atoms with E-state index in [0.29, 0.717) is 0 Å². The van der Waals surface area contributed by atoms with E-state index in [0.717, 1.165) is 5.69 Å². The summed E-state index contributed by atoms with van der Waals surface area (Å²) in [5.74, 6) is -0.116. The third-order valence-corrected chi connectivity index (χ3v) is 2.65. The number of anilines is 1. The van der Waals surface area contributed by atoms with Gasteiger partial charge in [0.1, 0.15) is 0 Å². The first kappa shape index (κ1) is 12.6. The maximum Gasteiger partial charge on any atom is 0.248 e. The van der Waals surface area contributed by atoms with Gasteiger partial charge < -0.3 is 5.32 Å². The Morgan fingerprint density at radius 2 is 1.94 bits per heavy atom. The maximum absolute atomic E-state index is 11.4. The van der Waals surface area contributed by atoms with Crippen molar-refractivity contribution in [3.63, 3.8) is 0 Å². The predicted molar refractivity (Wildman–Crippen MR) is 70.8 cm³/mol. The molecule has 0 aromatic heterocycles. The molecule has 0 aliphatic carbocycles. The van der Waals surface area contributed by atoms with E-state index in [2.05, 4.69) is 5.32 Å². The van der Waals surface area contributed by atoms with Gasteiger partial charge in [0.2, 0.25) is 5.91 Å². The van der Waals surface area contributed by atoms with E-state index < -0.39 is 0 Å². The largest absolute Gasteiger partial charge is 0.323 e. The third kappa shape index (κ3) is 4.36. The average Bonchev–Trinajstić information content (AvgIpc) is 2.30.